The molecule has 0 atom stereocenters. The molecule has 22 heavy (non-hydrogen) atoms. The van der Waals surface area contributed by atoms with Gasteiger partial charge in [0.2, 0.25) is 5.88 Å². The first-order valence-electron chi connectivity index (χ1n) is 6.61. The van der Waals surface area contributed by atoms with Crippen LogP contribution in [0.3, 0.4) is 0 Å². The fraction of sp³-hybridized carbons (Fsp3) is 0.200. The number of nitrogens with two attached hydrogens (primary N) is 1. The van der Waals surface area contributed by atoms with Gasteiger partial charge in [-0.3, -0.25) is 0 Å². The van der Waals surface area contributed by atoms with Gasteiger partial charge >= 0.3 is 5.97 Å². The molecule has 0 saturated carbocycles. The normalized spacial score (nSPS) is 10.0. The summed E-state index contributed by atoms with van der Waals surface area (Å²) >= 11 is 0. The molecule has 7 nitrogen and oxygen atoms in total. The van der Waals surface area contributed by atoms with Crippen molar-refractivity contribution < 1.29 is 14.6 Å². The monoisotopic (exact) mass is 298 g/mol. The molecule has 0 aliphatic heterocycles. The quantitative estimate of drug-likeness (QED) is 0.866. The van der Waals surface area contributed by atoms with E-state index in [0.29, 0.717) is 24.2 Å². The van der Waals surface area contributed by atoms with Gasteiger partial charge in [-0.05, 0) is 18.6 Å². The zero-order valence-electron chi connectivity index (χ0n) is 11.9. The predicted octanol–water partition coefficient (Wildman–Crippen LogP) is 2.08. The number of aromatic nitrogens is 2. The molecular formula is C15H14N4O3. The SMILES string of the molecule is CCCOc1nc(-c2cccc(C#N)c2)nc(N)c1C(=O)O. The van der Waals surface area contributed by atoms with E-state index in [0.717, 1.165) is 0 Å². The summed E-state index contributed by atoms with van der Waals surface area (Å²) in [6.07, 6.45) is 0.697. The molecule has 1 aromatic heterocycles. The zero-order chi connectivity index (χ0) is 16.1. The number of hydrogen-bond donors (Lipinski definition) is 2. The molecule has 3 N–H and O–H groups in total. The molecular weight excluding hydrogens is 284 g/mol. The smallest absolute Gasteiger partial charge is 0.345 e. The lowest BCUT2D eigenvalue weighted by Crippen LogP contribution is -2.12. The van der Waals surface area contributed by atoms with E-state index in [1.807, 2.05) is 13.0 Å². The summed E-state index contributed by atoms with van der Waals surface area (Å²) in [5, 5.41) is 18.1. The number of nitriles is 1. The zero-order valence-corrected chi connectivity index (χ0v) is 11.9. The first kappa shape index (κ1) is 15.3. The van der Waals surface area contributed by atoms with Gasteiger partial charge in [0.05, 0.1) is 18.2 Å². The van der Waals surface area contributed by atoms with Crippen LogP contribution in [0.15, 0.2) is 24.3 Å². The molecule has 0 aliphatic rings. The van der Waals surface area contributed by atoms with Gasteiger partial charge in [0.25, 0.3) is 0 Å². The first-order chi connectivity index (χ1) is 10.6. The van der Waals surface area contributed by atoms with Crippen molar-refractivity contribution in [2.75, 3.05) is 12.3 Å². The molecule has 0 bridgehead atoms. The van der Waals surface area contributed by atoms with Crippen molar-refractivity contribution >= 4 is 11.8 Å². The molecule has 0 spiro atoms. The van der Waals surface area contributed by atoms with Gasteiger partial charge in [-0.15, -0.1) is 0 Å². The van der Waals surface area contributed by atoms with Gasteiger partial charge in [-0.2, -0.15) is 10.2 Å². The average molecular weight is 298 g/mol. The maximum absolute atomic E-state index is 11.3. The third-order valence-corrected chi connectivity index (χ3v) is 2.81. The van der Waals surface area contributed by atoms with E-state index in [1.165, 1.54) is 0 Å². The second kappa shape index (κ2) is 6.54. The van der Waals surface area contributed by atoms with Gasteiger partial charge in [0, 0.05) is 5.56 Å². The van der Waals surface area contributed by atoms with Crippen LogP contribution >= 0.6 is 0 Å². The standard InChI is InChI=1S/C15H14N4O3/c1-2-6-22-14-11(15(20)21)12(17)18-13(19-14)10-5-3-4-9(7-10)8-16/h3-5,7H,2,6H2,1H3,(H,20,21)(H2,17,18,19). The molecule has 0 amide bonds. The highest BCUT2D eigenvalue weighted by atomic mass is 16.5. The van der Waals surface area contributed by atoms with Crippen molar-refractivity contribution in [2.24, 2.45) is 0 Å². The second-order valence-corrected chi connectivity index (χ2v) is 4.46. The number of benzene rings is 1. The van der Waals surface area contributed by atoms with Crippen molar-refractivity contribution in [2.45, 2.75) is 13.3 Å². The number of rotatable bonds is 5. The van der Waals surface area contributed by atoms with Gasteiger partial charge < -0.3 is 15.6 Å². The molecule has 112 valence electrons. The van der Waals surface area contributed by atoms with E-state index < -0.39 is 5.97 Å². The Kier molecular flexibility index (Phi) is 4.53. The third kappa shape index (κ3) is 3.12. The molecule has 7 heteroatoms. The molecule has 0 radical (unpaired) electrons. The Morgan fingerprint density at radius 3 is 2.86 bits per heavy atom. The Hall–Kier alpha value is -3.14. The number of carboxylic acids is 1. The Balaban J connectivity index is 2.55. The summed E-state index contributed by atoms with van der Waals surface area (Å²) in [5.41, 5.74) is 6.47. The highest BCUT2D eigenvalue weighted by Gasteiger charge is 2.20. The van der Waals surface area contributed by atoms with Crippen LogP contribution in [0.4, 0.5) is 5.82 Å². The van der Waals surface area contributed by atoms with Crippen molar-refractivity contribution in [1.29, 1.82) is 5.26 Å². The topological polar surface area (TPSA) is 122 Å². The fourth-order valence-corrected chi connectivity index (χ4v) is 1.82. The van der Waals surface area contributed by atoms with Crippen LogP contribution in [0, 0.1) is 11.3 Å². The van der Waals surface area contributed by atoms with Gasteiger partial charge in [0.1, 0.15) is 5.82 Å². The van der Waals surface area contributed by atoms with Crippen LogP contribution in [-0.4, -0.2) is 27.7 Å². The lowest BCUT2D eigenvalue weighted by Gasteiger charge is -2.11. The first-order valence-corrected chi connectivity index (χ1v) is 6.61. The van der Waals surface area contributed by atoms with E-state index in [4.69, 9.17) is 15.7 Å². The van der Waals surface area contributed by atoms with Crippen LogP contribution in [0.5, 0.6) is 5.88 Å². The summed E-state index contributed by atoms with van der Waals surface area (Å²) in [5.74, 6) is -1.28. The highest BCUT2D eigenvalue weighted by Crippen LogP contribution is 2.26. The van der Waals surface area contributed by atoms with Gasteiger partial charge in [-0.25, -0.2) is 9.78 Å². The third-order valence-electron chi connectivity index (χ3n) is 2.81. The predicted molar refractivity (Wildman–Crippen MR) is 79.3 cm³/mol. The Morgan fingerprint density at radius 1 is 1.45 bits per heavy atom. The molecule has 1 aromatic carbocycles. The number of aromatic carboxylic acids is 1. The lowest BCUT2D eigenvalue weighted by atomic mass is 10.1. The van der Waals surface area contributed by atoms with E-state index in [1.54, 1.807) is 24.3 Å². The van der Waals surface area contributed by atoms with Crippen molar-refractivity contribution in [3.63, 3.8) is 0 Å². The van der Waals surface area contributed by atoms with E-state index in [9.17, 15) is 9.90 Å². The number of carboxylic acid groups (broad SMARTS) is 1. The summed E-state index contributed by atoms with van der Waals surface area (Å²) in [4.78, 5) is 19.4. The minimum atomic E-state index is -1.25. The van der Waals surface area contributed by atoms with Crippen molar-refractivity contribution in [1.82, 2.24) is 9.97 Å². The van der Waals surface area contributed by atoms with Crippen LogP contribution in [0.25, 0.3) is 11.4 Å². The number of hydrogen-bond acceptors (Lipinski definition) is 6. The van der Waals surface area contributed by atoms with Gasteiger partial charge in [-0.1, -0.05) is 19.1 Å². The summed E-state index contributed by atoms with van der Waals surface area (Å²) in [6, 6.07) is 8.65. The van der Waals surface area contributed by atoms with Crippen molar-refractivity contribution in [3.8, 4) is 23.3 Å². The molecule has 0 aliphatic carbocycles. The second-order valence-electron chi connectivity index (χ2n) is 4.46. The Morgan fingerprint density at radius 2 is 2.23 bits per heavy atom. The molecule has 0 unspecified atom stereocenters. The average Bonchev–Trinajstić information content (AvgIpc) is 2.52. The molecule has 0 fully saturated rings. The number of nitrogens with zero attached hydrogens (tertiary/aromatic N) is 3. The summed E-state index contributed by atoms with van der Waals surface area (Å²) in [6.45, 7) is 2.21. The fourth-order valence-electron chi connectivity index (χ4n) is 1.82. The number of carbonyl (C=O) groups is 1. The number of anilines is 1. The van der Waals surface area contributed by atoms with Crippen LogP contribution < -0.4 is 10.5 Å². The molecule has 2 rings (SSSR count). The Bertz CT molecular complexity index is 753. The summed E-state index contributed by atoms with van der Waals surface area (Å²) in [7, 11) is 0. The maximum atomic E-state index is 11.3. The van der Waals surface area contributed by atoms with Crippen molar-refractivity contribution in [3.05, 3.63) is 35.4 Å². The number of ether oxygens (including phenoxy) is 1. The molecule has 2 aromatic rings. The highest BCUT2D eigenvalue weighted by molar-refractivity contribution is 5.95. The van der Waals surface area contributed by atoms with E-state index in [2.05, 4.69) is 9.97 Å². The number of nitrogen functional groups attached to an aromatic ring is 1. The molecule has 1 heterocycles. The largest absolute Gasteiger partial charge is 0.477 e. The van der Waals surface area contributed by atoms with Gasteiger partial charge in [0.15, 0.2) is 11.4 Å². The van der Waals surface area contributed by atoms with E-state index >= 15 is 0 Å². The minimum Gasteiger partial charge on any atom is -0.477 e. The summed E-state index contributed by atoms with van der Waals surface area (Å²) < 4.78 is 5.37. The maximum Gasteiger partial charge on any atom is 0.345 e. The Labute approximate surface area is 127 Å². The molecule has 0 saturated heterocycles. The van der Waals surface area contributed by atoms with Crippen LogP contribution in [-0.2, 0) is 0 Å². The minimum absolute atomic E-state index is 0.0702. The van der Waals surface area contributed by atoms with E-state index in [-0.39, 0.29) is 23.1 Å². The van der Waals surface area contributed by atoms with Crippen LogP contribution in [0.2, 0.25) is 0 Å². The van der Waals surface area contributed by atoms with Crippen LogP contribution in [0.1, 0.15) is 29.3 Å². The lowest BCUT2D eigenvalue weighted by molar-refractivity contribution is 0.0692.